The zero-order chi connectivity index (χ0) is 12.4. The molecular weight excluding hydrogens is 282 g/mol. The zero-order valence-corrected chi connectivity index (χ0v) is 11.2. The molecule has 1 N–H and O–H groups in total. The third-order valence-electron chi connectivity index (χ3n) is 2.37. The summed E-state index contributed by atoms with van der Waals surface area (Å²) in [5, 5.41) is 2.82. The third-order valence-corrected chi connectivity index (χ3v) is 2.86. The molecule has 0 saturated heterocycles. The molecule has 2 aromatic rings. The van der Waals surface area contributed by atoms with Crippen LogP contribution in [0.5, 0.6) is 0 Å². The molecule has 0 aliphatic carbocycles. The topological polar surface area (TPSA) is 42.2 Å². The number of benzene rings is 1. The zero-order valence-electron chi connectivity index (χ0n) is 9.58. The molecule has 0 aliphatic rings. The fourth-order valence-electron chi connectivity index (χ4n) is 1.62. The van der Waals surface area contributed by atoms with Crippen molar-refractivity contribution in [1.29, 1.82) is 0 Å². The fraction of sp³-hybridized carbons (Fsp3) is 0.154. The van der Waals surface area contributed by atoms with Crippen LogP contribution in [0, 0.1) is 13.8 Å². The molecule has 1 aromatic heterocycles. The smallest absolute Gasteiger partial charge is 0.259 e. The van der Waals surface area contributed by atoms with Crippen LogP contribution in [0.25, 0.3) is 0 Å². The van der Waals surface area contributed by atoms with Crippen molar-refractivity contribution in [2.24, 2.45) is 0 Å². The van der Waals surface area contributed by atoms with Crippen LogP contribution >= 0.6 is 15.9 Å². The van der Waals surface area contributed by atoms with E-state index in [1.807, 2.05) is 31.2 Å². The summed E-state index contributed by atoms with van der Waals surface area (Å²) in [6.45, 7) is 3.60. The summed E-state index contributed by atoms with van der Waals surface area (Å²) in [5.41, 5.74) is 1.32. The van der Waals surface area contributed by atoms with Crippen molar-refractivity contribution in [3.05, 3.63) is 51.9 Å². The normalized spacial score (nSPS) is 10.3. The van der Waals surface area contributed by atoms with Crippen molar-refractivity contribution < 1.29 is 9.21 Å². The first-order valence-electron chi connectivity index (χ1n) is 5.20. The van der Waals surface area contributed by atoms with Crippen molar-refractivity contribution in [2.45, 2.75) is 13.8 Å². The maximum Gasteiger partial charge on any atom is 0.259 e. The first-order valence-corrected chi connectivity index (χ1v) is 5.99. The van der Waals surface area contributed by atoms with E-state index in [2.05, 4.69) is 21.2 Å². The Labute approximate surface area is 108 Å². The maximum atomic E-state index is 12.0. The number of nitrogens with one attached hydrogen (secondary N) is 1. The first-order chi connectivity index (χ1) is 8.06. The number of anilines is 1. The Kier molecular flexibility index (Phi) is 3.33. The van der Waals surface area contributed by atoms with Gasteiger partial charge in [0.05, 0.1) is 5.56 Å². The van der Waals surface area contributed by atoms with Crippen molar-refractivity contribution >= 4 is 27.5 Å². The second-order valence-electron chi connectivity index (χ2n) is 3.79. The molecule has 3 nitrogen and oxygen atoms in total. The van der Waals surface area contributed by atoms with Crippen LogP contribution in [-0.4, -0.2) is 5.91 Å². The van der Waals surface area contributed by atoms with Gasteiger partial charge in [0, 0.05) is 10.2 Å². The van der Waals surface area contributed by atoms with Gasteiger partial charge in [-0.25, -0.2) is 0 Å². The molecule has 0 unspecified atom stereocenters. The lowest BCUT2D eigenvalue weighted by Gasteiger charge is -2.04. The number of hydrogen-bond donors (Lipinski definition) is 1. The monoisotopic (exact) mass is 293 g/mol. The SMILES string of the molecule is Cc1cc(C(=O)Nc2cccc(Br)c2)c(C)o1. The van der Waals surface area contributed by atoms with Crippen LogP contribution in [0.3, 0.4) is 0 Å². The molecule has 0 fully saturated rings. The van der Waals surface area contributed by atoms with Gasteiger partial charge in [-0.2, -0.15) is 0 Å². The minimum Gasteiger partial charge on any atom is -0.466 e. The Morgan fingerprint density at radius 1 is 1.29 bits per heavy atom. The lowest BCUT2D eigenvalue weighted by atomic mass is 10.2. The van der Waals surface area contributed by atoms with Crippen LogP contribution in [0.15, 0.2) is 39.2 Å². The maximum absolute atomic E-state index is 12.0. The molecule has 4 heteroatoms. The predicted octanol–water partition coefficient (Wildman–Crippen LogP) is 3.91. The molecule has 0 spiro atoms. The largest absolute Gasteiger partial charge is 0.466 e. The fourth-order valence-corrected chi connectivity index (χ4v) is 2.02. The number of aryl methyl sites for hydroxylation is 2. The number of carbonyl (C=O) groups excluding carboxylic acids is 1. The van der Waals surface area contributed by atoms with Gasteiger partial charge in [-0.05, 0) is 38.1 Å². The summed E-state index contributed by atoms with van der Waals surface area (Å²) in [7, 11) is 0. The van der Waals surface area contributed by atoms with Crippen molar-refractivity contribution in [3.63, 3.8) is 0 Å². The molecule has 88 valence electrons. The van der Waals surface area contributed by atoms with Gasteiger partial charge in [-0.3, -0.25) is 4.79 Å². The second kappa shape index (κ2) is 4.75. The Hall–Kier alpha value is -1.55. The summed E-state index contributed by atoms with van der Waals surface area (Å²) in [5.74, 6) is 1.22. The van der Waals surface area contributed by atoms with E-state index in [-0.39, 0.29) is 5.91 Å². The van der Waals surface area contributed by atoms with Gasteiger partial charge in [0.2, 0.25) is 0 Å². The number of rotatable bonds is 2. The quantitative estimate of drug-likeness (QED) is 0.912. The molecule has 0 atom stereocenters. The highest BCUT2D eigenvalue weighted by Crippen LogP contribution is 2.19. The highest BCUT2D eigenvalue weighted by atomic mass is 79.9. The molecule has 17 heavy (non-hydrogen) atoms. The minimum atomic E-state index is -0.155. The van der Waals surface area contributed by atoms with Crippen LogP contribution in [0.4, 0.5) is 5.69 Å². The minimum absolute atomic E-state index is 0.155. The van der Waals surface area contributed by atoms with E-state index in [0.717, 1.165) is 15.9 Å². The van der Waals surface area contributed by atoms with E-state index < -0.39 is 0 Å². The highest BCUT2D eigenvalue weighted by molar-refractivity contribution is 9.10. The number of halogens is 1. The van der Waals surface area contributed by atoms with Crippen LogP contribution < -0.4 is 5.32 Å². The van der Waals surface area contributed by atoms with Crippen molar-refractivity contribution in [2.75, 3.05) is 5.32 Å². The van der Waals surface area contributed by atoms with Crippen molar-refractivity contribution in [1.82, 2.24) is 0 Å². The second-order valence-corrected chi connectivity index (χ2v) is 4.71. The van der Waals surface area contributed by atoms with Crippen LogP contribution in [0.1, 0.15) is 21.9 Å². The molecule has 1 heterocycles. The molecule has 2 rings (SSSR count). The van der Waals surface area contributed by atoms with Gasteiger partial charge in [-0.15, -0.1) is 0 Å². The Bertz CT molecular complexity index is 560. The summed E-state index contributed by atoms with van der Waals surface area (Å²) in [6.07, 6.45) is 0. The summed E-state index contributed by atoms with van der Waals surface area (Å²) in [4.78, 5) is 12.0. The van der Waals surface area contributed by atoms with E-state index in [4.69, 9.17) is 4.42 Å². The van der Waals surface area contributed by atoms with Gasteiger partial charge >= 0.3 is 0 Å². The van der Waals surface area contributed by atoms with Crippen molar-refractivity contribution in [3.8, 4) is 0 Å². The lowest BCUT2D eigenvalue weighted by molar-refractivity contribution is 0.102. The van der Waals surface area contributed by atoms with Crippen LogP contribution in [-0.2, 0) is 0 Å². The number of carbonyl (C=O) groups is 1. The lowest BCUT2D eigenvalue weighted by Crippen LogP contribution is -2.11. The van der Waals surface area contributed by atoms with Gasteiger partial charge in [0.25, 0.3) is 5.91 Å². The number of furan rings is 1. The van der Waals surface area contributed by atoms with E-state index >= 15 is 0 Å². The highest BCUT2D eigenvalue weighted by Gasteiger charge is 2.13. The predicted molar refractivity (Wildman–Crippen MR) is 70.3 cm³/mol. The number of amides is 1. The molecule has 0 saturated carbocycles. The van der Waals surface area contributed by atoms with Gasteiger partial charge in [0.1, 0.15) is 11.5 Å². The molecule has 0 bridgehead atoms. The van der Waals surface area contributed by atoms with Crippen LogP contribution in [0.2, 0.25) is 0 Å². The van der Waals surface area contributed by atoms with Gasteiger partial charge in [-0.1, -0.05) is 22.0 Å². The summed E-state index contributed by atoms with van der Waals surface area (Å²) >= 11 is 3.36. The molecule has 1 amide bonds. The third kappa shape index (κ3) is 2.77. The number of hydrogen-bond acceptors (Lipinski definition) is 2. The average molecular weight is 294 g/mol. The van der Waals surface area contributed by atoms with E-state index in [1.165, 1.54) is 0 Å². The van der Waals surface area contributed by atoms with Gasteiger partial charge < -0.3 is 9.73 Å². The molecular formula is C13H12BrNO2. The standard InChI is InChI=1S/C13H12BrNO2/c1-8-6-12(9(2)17-8)13(16)15-11-5-3-4-10(14)7-11/h3-7H,1-2H3,(H,15,16). The first kappa shape index (κ1) is 11.9. The average Bonchev–Trinajstić information content (AvgIpc) is 2.58. The molecule has 1 aromatic carbocycles. The van der Waals surface area contributed by atoms with Gasteiger partial charge in [0.15, 0.2) is 0 Å². The van der Waals surface area contributed by atoms with E-state index in [1.54, 1.807) is 13.0 Å². The summed E-state index contributed by atoms with van der Waals surface area (Å²) in [6, 6.07) is 9.20. The Morgan fingerprint density at radius 2 is 2.06 bits per heavy atom. The van der Waals surface area contributed by atoms with E-state index in [9.17, 15) is 4.79 Å². The molecule has 0 aliphatic heterocycles. The Balaban J connectivity index is 2.20. The molecule has 0 radical (unpaired) electrons. The Morgan fingerprint density at radius 3 is 2.65 bits per heavy atom. The summed E-state index contributed by atoms with van der Waals surface area (Å²) < 4.78 is 6.25. The van der Waals surface area contributed by atoms with E-state index in [0.29, 0.717) is 11.3 Å².